The van der Waals surface area contributed by atoms with Crippen LogP contribution in [0.15, 0.2) is 66.7 Å². The lowest BCUT2D eigenvalue weighted by atomic mass is 10.00. The van der Waals surface area contributed by atoms with Gasteiger partial charge in [0.1, 0.15) is 0 Å². The standard InChI is InChI=1S/C23H27N3O/c1-17(21-10-6-8-19-7-4-5-9-22(19)21)24-16-23(27)25-15-18-11-13-20(14-12-18)26(2)3/h4-14,17,24H,15-16H2,1-3H3,(H,25,27)/t17-/m1/s1. The van der Waals surface area contributed by atoms with Gasteiger partial charge in [-0.15, -0.1) is 0 Å². The van der Waals surface area contributed by atoms with Crippen LogP contribution in [0.3, 0.4) is 0 Å². The molecule has 0 bridgehead atoms. The highest BCUT2D eigenvalue weighted by atomic mass is 16.1. The number of nitrogens with zero attached hydrogens (tertiary/aromatic N) is 1. The van der Waals surface area contributed by atoms with E-state index in [0.717, 1.165) is 11.3 Å². The minimum Gasteiger partial charge on any atom is -0.378 e. The van der Waals surface area contributed by atoms with E-state index in [9.17, 15) is 4.79 Å². The van der Waals surface area contributed by atoms with Crippen LogP contribution in [0.2, 0.25) is 0 Å². The van der Waals surface area contributed by atoms with Crippen LogP contribution < -0.4 is 15.5 Å². The molecule has 0 saturated heterocycles. The highest BCUT2D eigenvalue weighted by Gasteiger charge is 2.10. The first kappa shape index (κ1) is 18.9. The second-order valence-corrected chi connectivity index (χ2v) is 7.01. The number of hydrogen-bond acceptors (Lipinski definition) is 3. The van der Waals surface area contributed by atoms with Crippen molar-refractivity contribution in [1.29, 1.82) is 0 Å². The molecule has 0 radical (unpaired) electrons. The van der Waals surface area contributed by atoms with E-state index in [2.05, 4.69) is 64.9 Å². The quantitative estimate of drug-likeness (QED) is 0.671. The van der Waals surface area contributed by atoms with Crippen molar-refractivity contribution in [2.45, 2.75) is 19.5 Å². The topological polar surface area (TPSA) is 44.4 Å². The molecule has 0 aliphatic heterocycles. The molecule has 0 aliphatic rings. The maximum Gasteiger partial charge on any atom is 0.234 e. The number of rotatable bonds is 7. The van der Waals surface area contributed by atoms with Crippen LogP contribution in [0.25, 0.3) is 10.8 Å². The average Bonchev–Trinajstić information content (AvgIpc) is 2.70. The van der Waals surface area contributed by atoms with Crippen LogP contribution in [0.1, 0.15) is 24.1 Å². The molecule has 0 aromatic heterocycles. The first-order valence-electron chi connectivity index (χ1n) is 9.28. The van der Waals surface area contributed by atoms with Crippen molar-refractivity contribution < 1.29 is 4.79 Å². The summed E-state index contributed by atoms with van der Waals surface area (Å²) in [6, 6.07) is 22.9. The molecule has 27 heavy (non-hydrogen) atoms. The van der Waals surface area contributed by atoms with E-state index in [-0.39, 0.29) is 11.9 Å². The minimum absolute atomic E-state index is 0.00114. The number of anilines is 1. The molecule has 2 N–H and O–H groups in total. The van der Waals surface area contributed by atoms with Crippen LogP contribution in [0, 0.1) is 0 Å². The van der Waals surface area contributed by atoms with Gasteiger partial charge in [0.05, 0.1) is 6.54 Å². The largest absolute Gasteiger partial charge is 0.378 e. The molecule has 3 aromatic carbocycles. The van der Waals surface area contributed by atoms with Gasteiger partial charge in [-0.05, 0) is 41.0 Å². The Morgan fingerprint density at radius 3 is 2.41 bits per heavy atom. The molecule has 1 atom stereocenters. The van der Waals surface area contributed by atoms with Crippen molar-refractivity contribution in [2.75, 3.05) is 25.5 Å². The Balaban J connectivity index is 1.52. The molecular weight excluding hydrogens is 334 g/mol. The van der Waals surface area contributed by atoms with Crippen molar-refractivity contribution >= 4 is 22.4 Å². The summed E-state index contributed by atoms with van der Waals surface area (Å²) in [4.78, 5) is 14.3. The van der Waals surface area contributed by atoms with Gasteiger partial charge in [0.2, 0.25) is 5.91 Å². The van der Waals surface area contributed by atoms with E-state index < -0.39 is 0 Å². The fraction of sp³-hybridized carbons (Fsp3) is 0.261. The average molecular weight is 361 g/mol. The van der Waals surface area contributed by atoms with Gasteiger partial charge in [-0.25, -0.2) is 0 Å². The van der Waals surface area contributed by atoms with Gasteiger partial charge < -0.3 is 15.5 Å². The molecule has 4 heteroatoms. The second-order valence-electron chi connectivity index (χ2n) is 7.01. The molecule has 4 nitrogen and oxygen atoms in total. The Morgan fingerprint density at radius 2 is 1.67 bits per heavy atom. The van der Waals surface area contributed by atoms with Crippen LogP contribution in [0.5, 0.6) is 0 Å². The molecular formula is C23H27N3O. The van der Waals surface area contributed by atoms with Crippen molar-refractivity contribution in [3.05, 3.63) is 77.9 Å². The van der Waals surface area contributed by atoms with E-state index in [1.165, 1.54) is 16.3 Å². The molecule has 3 aromatic rings. The predicted octanol–water partition coefficient (Wildman–Crippen LogP) is 3.87. The van der Waals surface area contributed by atoms with Gasteiger partial charge in [-0.2, -0.15) is 0 Å². The Kier molecular flexibility index (Phi) is 6.09. The maximum atomic E-state index is 12.2. The van der Waals surface area contributed by atoms with E-state index in [4.69, 9.17) is 0 Å². The lowest BCUT2D eigenvalue weighted by molar-refractivity contribution is -0.120. The van der Waals surface area contributed by atoms with Crippen molar-refractivity contribution in [1.82, 2.24) is 10.6 Å². The predicted molar refractivity (Wildman–Crippen MR) is 113 cm³/mol. The van der Waals surface area contributed by atoms with Crippen LogP contribution in [-0.2, 0) is 11.3 Å². The molecule has 0 aliphatic carbocycles. The molecule has 0 saturated carbocycles. The van der Waals surface area contributed by atoms with Gasteiger partial charge in [0.25, 0.3) is 0 Å². The molecule has 0 unspecified atom stereocenters. The fourth-order valence-electron chi connectivity index (χ4n) is 3.16. The molecule has 0 fully saturated rings. The van der Waals surface area contributed by atoms with Gasteiger partial charge in [-0.1, -0.05) is 54.6 Å². The van der Waals surface area contributed by atoms with Gasteiger partial charge in [0, 0.05) is 32.4 Å². The van der Waals surface area contributed by atoms with Crippen LogP contribution in [0.4, 0.5) is 5.69 Å². The van der Waals surface area contributed by atoms with E-state index in [1.807, 2.05) is 38.4 Å². The zero-order valence-corrected chi connectivity index (χ0v) is 16.2. The zero-order chi connectivity index (χ0) is 19.2. The zero-order valence-electron chi connectivity index (χ0n) is 16.2. The maximum absolute atomic E-state index is 12.2. The highest BCUT2D eigenvalue weighted by Crippen LogP contribution is 2.23. The molecule has 1 amide bonds. The number of amides is 1. The number of carbonyl (C=O) groups excluding carboxylic acids is 1. The molecule has 140 valence electrons. The number of nitrogens with one attached hydrogen (secondary N) is 2. The lowest BCUT2D eigenvalue weighted by Crippen LogP contribution is -2.34. The summed E-state index contributed by atoms with van der Waals surface area (Å²) in [6.45, 7) is 2.92. The highest BCUT2D eigenvalue weighted by molar-refractivity contribution is 5.86. The Bertz CT molecular complexity index is 898. The summed E-state index contributed by atoms with van der Waals surface area (Å²) >= 11 is 0. The monoisotopic (exact) mass is 361 g/mol. The third-order valence-electron chi connectivity index (χ3n) is 4.80. The van der Waals surface area contributed by atoms with Crippen LogP contribution in [-0.4, -0.2) is 26.5 Å². The molecule has 0 spiro atoms. The van der Waals surface area contributed by atoms with Crippen molar-refractivity contribution in [2.24, 2.45) is 0 Å². The Morgan fingerprint density at radius 1 is 0.963 bits per heavy atom. The fourth-order valence-corrected chi connectivity index (χ4v) is 3.16. The molecule has 3 rings (SSSR count). The second kappa shape index (κ2) is 8.69. The van der Waals surface area contributed by atoms with Gasteiger partial charge in [0.15, 0.2) is 0 Å². The Labute approximate surface area is 161 Å². The van der Waals surface area contributed by atoms with E-state index in [1.54, 1.807) is 0 Å². The van der Waals surface area contributed by atoms with Crippen molar-refractivity contribution in [3.8, 4) is 0 Å². The normalized spacial score (nSPS) is 12.0. The summed E-state index contributed by atoms with van der Waals surface area (Å²) in [5.74, 6) is -0.00114. The van der Waals surface area contributed by atoms with Crippen molar-refractivity contribution in [3.63, 3.8) is 0 Å². The third kappa shape index (κ3) is 4.86. The summed E-state index contributed by atoms with van der Waals surface area (Å²) in [5.41, 5.74) is 3.45. The lowest BCUT2D eigenvalue weighted by Gasteiger charge is -2.17. The molecule has 0 heterocycles. The first-order chi connectivity index (χ1) is 13.0. The van der Waals surface area contributed by atoms with Crippen LogP contribution >= 0.6 is 0 Å². The van der Waals surface area contributed by atoms with E-state index in [0.29, 0.717) is 13.1 Å². The number of carbonyl (C=O) groups is 1. The number of fused-ring (bicyclic) bond motifs is 1. The summed E-state index contributed by atoms with van der Waals surface area (Å²) in [7, 11) is 4.03. The Hall–Kier alpha value is -2.85. The summed E-state index contributed by atoms with van der Waals surface area (Å²) < 4.78 is 0. The van der Waals surface area contributed by atoms with Gasteiger partial charge >= 0.3 is 0 Å². The summed E-state index contributed by atoms with van der Waals surface area (Å²) in [6.07, 6.45) is 0. The smallest absolute Gasteiger partial charge is 0.234 e. The minimum atomic E-state index is -0.00114. The number of hydrogen-bond donors (Lipinski definition) is 2. The first-order valence-corrected chi connectivity index (χ1v) is 9.28. The SMILES string of the molecule is C[C@@H](NCC(=O)NCc1ccc(N(C)C)cc1)c1cccc2ccccc12. The summed E-state index contributed by atoms with van der Waals surface area (Å²) in [5, 5.41) is 8.75. The third-order valence-corrected chi connectivity index (χ3v) is 4.80. The van der Waals surface area contributed by atoms with Gasteiger partial charge in [-0.3, -0.25) is 4.79 Å². The van der Waals surface area contributed by atoms with E-state index >= 15 is 0 Å². The number of benzene rings is 3.